The molecule has 2 aromatic carbocycles. The lowest BCUT2D eigenvalue weighted by atomic mass is 10.1. The highest BCUT2D eigenvalue weighted by Crippen LogP contribution is 2.04. The highest BCUT2D eigenvalue weighted by atomic mass is 13.9. The van der Waals surface area contributed by atoms with Crippen molar-refractivity contribution in [2.75, 3.05) is 0 Å². The molecule has 0 amide bonds. The molecule has 0 saturated heterocycles. The van der Waals surface area contributed by atoms with Crippen LogP contribution in [0.25, 0.3) is 0 Å². The summed E-state index contributed by atoms with van der Waals surface area (Å²) in [7, 11) is 0. The Balaban J connectivity index is 1.76. The maximum absolute atomic E-state index is 3.22. The van der Waals surface area contributed by atoms with E-state index in [1.54, 1.807) is 0 Å². The van der Waals surface area contributed by atoms with Gasteiger partial charge in [0, 0.05) is 12.0 Å². The number of aryl methyl sites for hydroxylation is 1. The van der Waals surface area contributed by atoms with Crippen molar-refractivity contribution in [1.82, 2.24) is 0 Å². The lowest BCUT2D eigenvalue weighted by molar-refractivity contribution is 0.858. The molecule has 17 heavy (non-hydrogen) atoms. The number of hydrogen-bond donors (Lipinski definition) is 0. The molecular weight excluding hydrogens is 204 g/mol. The normalized spacial score (nSPS) is 9.41. The van der Waals surface area contributed by atoms with Crippen LogP contribution in [-0.2, 0) is 6.42 Å². The van der Waals surface area contributed by atoms with Gasteiger partial charge in [-0.05, 0) is 30.5 Å². The quantitative estimate of drug-likeness (QED) is 0.540. The second-order valence-electron chi connectivity index (χ2n) is 4.01. The van der Waals surface area contributed by atoms with Gasteiger partial charge in [0.1, 0.15) is 0 Å². The molecule has 2 rings (SSSR count). The average molecular weight is 220 g/mol. The molecule has 0 unspecified atom stereocenters. The summed E-state index contributed by atoms with van der Waals surface area (Å²) in [5.74, 6) is 6.40. The maximum atomic E-state index is 3.22. The fourth-order valence-corrected chi connectivity index (χ4v) is 1.71. The minimum atomic E-state index is 0.962. The highest BCUT2D eigenvalue weighted by molar-refractivity contribution is 5.33. The molecule has 0 aliphatic carbocycles. The Bertz CT molecular complexity index is 486. The molecule has 0 bridgehead atoms. The number of unbranched alkanes of at least 4 members (excludes halogenated alkanes) is 1. The summed E-state index contributed by atoms with van der Waals surface area (Å²) in [5, 5.41) is 0. The van der Waals surface area contributed by atoms with E-state index in [9.17, 15) is 0 Å². The summed E-state index contributed by atoms with van der Waals surface area (Å²) in [6, 6.07) is 20.7. The highest BCUT2D eigenvalue weighted by Gasteiger charge is 1.89. The second-order valence-corrected chi connectivity index (χ2v) is 4.01. The van der Waals surface area contributed by atoms with Crippen molar-refractivity contribution in [3.63, 3.8) is 0 Å². The van der Waals surface area contributed by atoms with Crippen molar-refractivity contribution < 1.29 is 0 Å². The molecule has 0 heteroatoms. The summed E-state index contributed by atoms with van der Waals surface area (Å²) < 4.78 is 0. The summed E-state index contributed by atoms with van der Waals surface area (Å²) in [6.45, 7) is 0. The van der Waals surface area contributed by atoms with Crippen LogP contribution in [0.3, 0.4) is 0 Å². The molecule has 2 aromatic rings. The molecule has 0 fully saturated rings. The second kappa shape index (κ2) is 6.55. The fraction of sp³-hybridized carbons (Fsp3) is 0.176. The van der Waals surface area contributed by atoms with E-state index >= 15 is 0 Å². The van der Waals surface area contributed by atoms with Crippen LogP contribution < -0.4 is 0 Å². The van der Waals surface area contributed by atoms with Crippen LogP contribution in [0.5, 0.6) is 0 Å². The number of rotatable bonds is 3. The zero-order valence-corrected chi connectivity index (χ0v) is 9.89. The van der Waals surface area contributed by atoms with Crippen LogP contribution in [0, 0.1) is 11.8 Å². The third-order valence-electron chi connectivity index (χ3n) is 2.62. The van der Waals surface area contributed by atoms with E-state index < -0.39 is 0 Å². The molecule has 0 heterocycles. The van der Waals surface area contributed by atoms with Crippen LogP contribution in [0.15, 0.2) is 60.7 Å². The first-order chi connectivity index (χ1) is 8.45. The minimum absolute atomic E-state index is 0.962. The van der Waals surface area contributed by atoms with E-state index in [-0.39, 0.29) is 0 Å². The minimum Gasteiger partial charge on any atom is -0.0979 e. The van der Waals surface area contributed by atoms with E-state index in [2.05, 4.69) is 42.2 Å². The molecule has 0 atom stereocenters. The van der Waals surface area contributed by atoms with Crippen molar-refractivity contribution in [3.05, 3.63) is 71.8 Å². The van der Waals surface area contributed by atoms with Crippen molar-refractivity contribution in [3.8, 4) is 11.8 Å². The monoisotopic (exact) mass is 220 g/mol. The van der Waals surface area contributed by atoms with Crippen molar-refractivity contribution in [2.45, 2.75) is 19.3 Å². The zero-order chi connectivity index (χ0) is 11.8. The number of benzene rings is 2. The first kappa shape index (κ1) is 11.5. The largest absolute Gasteiger partial charge is 0.0979 e. The van der Waals surface area contributed by atoms with E-state index in [0.29, 0.717) is 0 Å². The van der Waals surface area contributed by atoms with Gasteiger partial charge in [0.2, 0.25) is 0 Å². The van der Waals surface area contributed by atoms with E-state index in [4.69, 9.17) is 0 Å². The SMILES string of the molecule is C(#Cc1ccccc1)CCCc1ccccc1. The molecule has 0 radical (unpaired) electrons. The third-order valence-corrected chi connectivity index (χ3v) is 2.62. The summed E-state index contributed by atoms with van der Waals surface area (Å²) in [5.41, 5.74) is 2.50. The van der Waals surface area contributed by atoms with E-state index in [1.165, 1.54) is 5.56 Å². The van der Waals surface area contributed by atoms with Gasteiger partial charge < -0.3 is 0 Å². The number of hydrogen-bond acceptors (Lipinski definition) is 0. The van der Waals surface area contributed by atoms with Gasteiger partial charge in [-0.3, -0.25) is 0 Å². The molecule has 0 saturated carbocycles. The molecular formula is C17H16. The molecule has 0 nitrogen and oxygen atoms in total. The first-order valence-electron chi connectivity index (χ1n) is 6.03. The van der Waals surface area contributed by atoms with Crippen LogP contribution in [0.4, 0.5) is 0 Å². The molecule has 0 aliphatic heterocycles. The summed E-state index contributed by atoms with van der Waals surface area (Å²) in [6.07, 6.45) is 3.21. The van der Waals surface area contributed by atoms with Crippen molar-refractivity contribution >= 4 is 0 Å². The topological polar surface area (TPSA) is 0 Å². The van der Waals surface area contributed by atoms with Crippen LogP contribution >= 0.6 is 0 Å². The van der Waals surface area contributed by atoms with Gasteiger partial charge in [-0.2, -0.15) is 0 Å². The van der Waals surface area contributed by atoms with Crippen molar-refractivity contribution in [2.24, 2.45) is 0 Å². The summed E-state index contributed by atoms with van der Waals surface area (Å²) >= 11 is 0. The maximum Gasteiger partial charge on any atom is 0.0245 e. The fourth-order valence-electron chi connectivity index (χ4n) is 1.71. The Morgan fingerprint density at radius 2 is 1.41 bits per heavy atom. The Morgan fingerprint density at radius 3 is 2.12 bits per heavy atom. The molecule has 0 aromatic heterocycles. The summed E-state index contributed by atoms with van der Waals surface area (Å²) in [4.78, 5) is 0. The van der Waals surface area contributed by atoms with E-state index in [1.807, 2.05) is 30.3 Å². The van der Waals surface area contributed by atoms with Gasteiger partial charge >= 0.3 is 0 Å². The van der Waals surface area contributed by atoms with Gasteiger partial charge in [0.15, 0.2) is 0 Å². The molecule has 0 aliphatic rings. The third kappa shape index (κ3) is 4.17. The molecule has 0 N–H and O–H groups in total. The van der Waals surface area contributed by atoms with Gasteiger partial charge in [0.25, 0.3) is 0 Å². The molecule has 0 spiro atoms. The predicted molar refractivity (Wildman–Crippen MR) is 72.7 cm³/mol. The van der Waals surface area contributed by atoms with Crippen LogP contribution in [-0.4, -0.2) is 0 Å². The van der Waals surface area contributed by atoms with Crippen LogP contribution in [0.2, 0.25) is 0 Å². The van der Waals surface area contributed by atoms with Gasteiger partial charge in [-0.15, -0.1) is 0 Å². The predicted octanol–water partition coefficient (Wildman–Crippen LogP) is 4.06. The standard InChI is InChI=1S/C17H16/c1-4-10-16(11-5-1)14-8-3-9-15-17-12-6-2-7-13-17/h1-2,4-7,10-13H,3,8,14H2. The van der Waals surface area contributed by atoms with Gasteiger partial charge in [0.05, 0.1) is 0 Å². The average Bonchev–Trinajstić information content (AvgIpc) is 2.41. The van der Waals surface area contributed by atoms with Crippen molar-refractivity contribution in [1.29, 1.82) is 0 Å². The first-order valence-corrected chi connectivity index (χ1v) is 6.03. The Kier molecular flexibility index (Phi) is 4.43. The Labute approximate surface area is 103 Å². The lowest BCUT2D eigenvalue weighted by Crippen LogP contribution is -1.83. The van der Waals surface area contributed by atoms with E-state index in [0.717, 1.165) is 24.8 Å². The Morgan fingerprint density at radius 1 is 0.765 bits per heavy atom. The molecule has 84 valence electrons. The Hall–Kier alpha value is -2.00. The smallest absolute Gasteiger partial charge is 0.0245 e. The zero-order valence-electron chi connectivity index (χ0n) is 9.89. The lowest BCUT2D eigenvalue weighted by Gasteiger charge is -1.96. The van der Waals surface area contributed by atoms with Gasteiger partial charge in [-0.25, -0.2) is 0 Å². The van der Waals surface area contributed by atoms with Crippen LogP contribution in [0.1, 0.15) is 24.0 Å². The van der Waals surface area contributed by atoms with Gasteiger partial charge in [-0.1, -0.05) is 60.4 Å².